The van der Waals surface area contributed by atoms with Crippen LogP contribution in [0.4, 0.5) is 15.8 Å². The molecule has 0 spiro atoms. The van der Waals surface area contributed by atoms with Crippen LogP contribution in [-0.2, 0) is 9.59 Å². The van der Waals surface area contributed by atoms with Crippen LogP contribution in [0, 0.1) is 5.82 Å². The van der Waals surface area contributed by atoms with Crippen LogP contribution >= 0.6 is 0 Å². The van der Waals surface area contributed by atoms with E-state index in [0.29, 0.717) is 17.2 Å². The Balaban J connectivity index is 1.72. The van der Waals surface area contributed by atoms with Crippen LogP contribution in [0.1, 0.15) is 0 Å². The monoisotopic (exact) mass is 370 g/mol. The molecule has 0 N–H and O–H groups in total. The quantitative estimate of drug-likeness (QED) is 0.772. The lowest BCUT2D eigenvalue weighted by Gasteiger charge is -2.21. The number of hydrogen-bond acceptors (Lipinski definition) is 7. The second-order valence-electron chi connectivity index (χ2n) is 6.00. The highest BCUT2D eigenvalue weighted by Crippen LogP contribution is 2.37. The molecule has 2 aromatic rings. The van der Waals surface area contributed by atoms with E-state index in [2.05, 4.69) is 10.3 Å². The van der Waals surface area contributed by atoms with Gasteiger partial charge in [0.2, 0.25) is 0 Å². The van der Waals surface area contributed by atoms with E-state index in [-0.39, 0.29) is 5.69 Å². The third kappa shape index (κ3) is 2.67. The van der Waals surface area contributed by atoms with E-state index in [4.69, 9.17) is 9.47 Å². The summed E-state index contributed by atoms with van der Waals surface area (Å²) in [6.07, 6.45) is 0. The van der Waals surface area contributed by atoms with Crippen LogP contribution in [0.25, 0.3) is 0 Å². The first-order chi connectivity index (χ1) is 13.0. The zero-order chi connectivity index (χ0) is 19.1. The van der Waals surface area contributed by atoms with Crippen LogP contribution in [0.5, 0.6) is 11.5 Å². The molecule has 0 aliphatic carbocycles. The van der Waals surface area contributed by atoms with Crippen molar-refractivity contribution in [3.8, 4) is 11.5 Å². The van der Waals surface area contributed by atoms with E-state index in [1.165, 1.54) is 37.4 Å². The molecule has 2 amide bonds. The van der Waals surface area contributed by atoms with Crippen molar-refractivity contribution in [3.05, 3.63) is 48.3 Å². The summed E-state index contributed by atoms with van der Waals surface area (Å²) < 4.78 is 24.0. The van der Waals surface area contributed by atoms with Crippen molar-refractivity contribution < 1.29 is 23.5 Å². The molecule has 0 radical (unpaired) electrons. The van der Waals surface area contributed by atoms with Gasteiger partial charge < -0.3 is 9.47 Å². The lowest BCUT2D eigenvalue weighted by Crippen LogP contribution is -2.40. The van der Waals surface area contributed by atoms with Gasteiger partial charge in [0.15, 0.2) is 12.1 Å². The number of rotatable bonds is 4. The van der Waals surface area contributed by atoms with Gasteiger partial charge in [-0.2, -0.15) is 5.11 Å². The lowest BCUT2D eigenvalue weighted by atomic mass is 10.1. The minimum atomic E-state index is -0.988. The number of fused-ring (bicyclic) bond motifs is 1. The summed E-state index contributed by atoms with van der Waals surface area (Å²) in [7, 11) is 3.01. The highest BCUT2D eigenvalue weighted by atomic mass is 19.1. The molecule has 0 unspecified atom stereocenters. The van der Waals surface area contributed by atoms with Crippen molar-refractivity contribution in [2.75, 3.05) is 24.1 Å². The van der Waals surface area contributed by atoms with Gasteiger partial charge in [-0.15, -0.1) is 0 Å². The summed E-state index contributed by atoms with van der Waals surface area (Å²) in [6, 6.07) is 8.36. The molecule has 138 valence electrons. The highest BCUT2D eigenvalue weighted by molar-refractivity contribution is 6.26. The summed E-state index contributed by atoms with van der Waals surface area (Å²) in [5.41, 5.74) is 0.655. The summed E-state index contributed by atoms with van der Waals surface area (Å²) >= 11 is 0. The largest absolute Gasteiger partial charge is 0.497 e. The fourth-order valence-electron chi connectivity index (χ4n) is 3.17. The molecule has 9 heteroatoms. The Morgan fingerprint density at radius 3 is 2.30 bits per heavy atom. The Bertz CT molecular complexity index is 942. The van der Waals surface area contributed by atoms with Crippen molar-refractivity contribution in [2.24, 2.45) is 10.3 Å². The van der Waals surface area contributed by atoms with Gasteiger partial charge in [0, 0.05) is 18.2 Å². The SMILES string of the molecule is COc1cc(OC)cc(N2N=N[C@H]3C(=O)N(c4cccc(F)c4)C(=O)[C@@H]32)c1. The van der Waals surface area contributed by atoms with E-state index < -0.39 is 29.7 Å². The molecular weight excluding hydrogens is 355 g/mol. The maximum Gasteiger partial charge on any atom is 0.263 e. The summed E-state index contributed by atoms with van der Waals surface area (Å²) in [6.45, 7) is 0. The number of carbonyl (C=O) groups excluding carboxylic acids is 2. The molecule has 0 bridgehead atoms. The van der Waals surface area contributed by atoms with E-state index in [9.17, 15) is 14.0 Å². The van der Waals surface area contributed by atoms with Gasteiger partial charge in [0.05, 0.1) is 25.6 Å². The molecular formula is C18H15FN4O4. The molecule has 2 atom stereocenters. The maximum atomic E-state index is 13.5. The molecule has 1 fully saturated rings. The van der Waals surface area contributed by atoms with Gasteiger partial charge in [-0.25, -0.2) is 14.3 Å². The minimum absolute atomic E-state index is 0.165. The van der Waals surface area contributed by atoms with Crippen LogP contribution in [0.2, 0.25) is 0 Å². The Morgan fingerprint density at radius 2 is 1.67 bits per heavy atom. The molecule has 2 heterocycles. The van der Waals surface area contributed by atoms with E-state index >= 15 is 0 Å². The van der Waals surface area contributed by atoms with Gasteiger partial charge in [0.1, 0.15) is 17.3 Å². The van der Waals surface area contributed by atoms with Gasteiger partial charge in [-0.05, 0) is 18.2 Å². The van der Waals surface area contributed by atoms with Gasteiger partial charge in [-0.3, -0.25) is 9.59 Å². The number of nitrogens with zero attached hydrogens (tertiary/aromatic N) is 4. The van der Waals surface area contributed by atoms with Gasteiger partial charge in [-0.1, -0.05) is 11.3 Å². The van der Waals surface area contributed by atoms with E-state index in [1.54, 1.807) is 18.2 Å². The second-order valence-corrected chi connectivity index (χ2v) is 6.00. The average molecular weight is 370 g/mol. The van der Waals surface area contributed by atoms with Crippen molar-refractivity contribution in [1.82, 2.24) is 0 Å². The first-order valence-electron chi connectivity index (χ1n) is 8.10. The predicted octanol–water partition coefficient (Wildman–Crippen LogP) is 2.34. The smallest absolute Gasteiger partial charge is 0.263 e. The van der Waals surface area contributed by atoms with E-state index in [1.807, 2.05) is 0 Å². The molecule has 27 heavy (non-hydrogen) atoms. The fraction of sp³-hybridized carbons (Fsp3) is 0.222. The number of methoxy groups -OCH3 is 2. The number of halogens is 1. The highest BCUT2D eigenvalue weighted by Gasteiger charge is 2.55. The Morgan fingerprint density at radius 1 is 0.963 bits per heavy atom. The number of hydrogen-bond donors (Lipinski definition) is 0. The fourth-order valence-corrected chi connectivity index (χ4v) is 3.17. The molecule has 2 aromatic carbocycles. The molecule has 0 saturated carbocycles. The van der Waals surface area contributed by atoms with Crippen molar-refractivity contribution in [2.45, 2.75) is 12.1 Å². The van der Waals surface area contributed by atoms with Crippen molar-refractivity contribution in [1.29, 1.82) is 0 Å². The molecule has 2 aliphatic heterocycles. The minimum Gasteiger partial charge on any atom is -0.497 e. The van der Waals surface area contributed by atoms with Gasteiger partial charge >= 0.3 is 0 Å². The van der Waals surface area contributed by atoms with Crippen LogP contribution in [0.3, 0.4) is 0 Å². The van der Waals surface area contributed by atoms with Crippen LogP contribution < -0.4 is 19.4 Å². The second kappa shape index (κ2) is 6.35. The molecule has 8 nitrogen and oxygen atoms in total. The Hall–Kier alpha value is -3.49. The predicted molar refractivity (Wildman–Crippen MR) is 93.4 cm³/mol. The molecule has 4 rings (SSSR count). The molecule has 0 aromatic heterocycles. The number of ether oxygens (including phenoxy) is 2. The maximum absolute atomic E-state index is 13.5. The number of benzene rings is 2. The third-order valence-electron chi connectivity index (χ3n) is 4.45. The lowest BCUT2D eigenvalue weighted by molar-refractivity contribution is -0.121. The zero-order valence-corrected chi connectivity index (χ0v) is 14.5. The zero-order valence-electron chi connectivity index (χ0n) is 14.5. The Labute approximate surface area is 153 Å². The summed E-state index contributed by atoms with van der Waals surface area (Å²) in [5, 5.41) is 9.31. The number of anilines is 2. The van der Waals surface area contributed by atoms with Crippen LogP contribution in [0.15, 0.2) is 52.8 Å². The first kappa shape index (κ1) is 17.0. The Kier molecular flexibility index (Phi) is 3.98. The summed E-state index contributed by atoms with van der Waals surface area (Å²) in [4.78, 5) is 26.6. The number of amides is 2. The van der Waals surface area contributed by atoms with E-state index in [0.717, 1.165) is 11.0 Å². The third-order valence-corrected chi connectivity index (χ3v) is 4.45. The topological polar surface area (TPSA) is 83.8 Å². The van der Waals surface area contributed by atoms with Crippen molar-refractivity contribution in [3.63, 3.8) is 0 Å². The summed E-state index contributed by atoms with van der Waals surface area (Å²) in [5.74, 6) is -0.608. The number of carbonyl (C=O) groups is 2. The standard InChI is InChI=1S/C18H15FN4O4/c1-26-13-7-12(8-14(9-13)27-2)23-16-15(20-21-23)17(24)22(18(16)25)11-5-3-4-10(19)6-11/h3-9,15-16H,1-2H3/t15-,16-/m1/s1. The molecule has 2 aliphatic rings. The average Bonchev–Trinajstić information content (AvgIpc) is 3.21. The molecule has 1 saturated heterocycles. The van der Waals surface area contributed by atoms with Gasteiger partial charge in [0.25, 0.3) is 11.8 Å². The first-order valence-corrected chi connectivity index (χ1v) is 8.10. The number of imide groups is 1. The normalized spacial score (nSPS) is 21.0. The van der Waals surface area contributed by atoms with Crippen molar-refractivity contribution >= 4 is 23.2 Å². The van der Waals surface area contributed by atoms with Crippen LogP contribution in [-0.4, -0.2) is 38.1 Å².